The summed E-state index contributed by atoms with van der Waals surface area (Å²) in [5.41, 5.74) is 1.69. The third-order valence-electron chi connectivity index (χ3n) is 4.10. The second-order valence-electron chi connectivity index (χ2n) is 5.99. The number of para-hydroxylation sites is 1. The summed E-state index contributed by atoms with van der Waals surface area (Å²) >= 11 is 1.34. The van der Waals surface area contributed by atoms with Crippen molar-refractivity contribution in [3.63, 3.8) is 0 Å². The lowest BCUT2D eigenvalue weighted by molar-refractivity contribution is -0.115. The molecule has 1 aliphatic rings. The van der Waals surface area contributed by atoms with Crippen LogP contribution in [0.1, 0.15) is 12.5 Å². The smallest absolute Gasteiger partial charge is 0.264 e. The number of ether oxygens (including phenoxy) is 1. The molecule has 0 spiro atoms. The Kier molecular flexibility index (Phi) is 4.94. The van der Waals surface area contributed by atoms with Gasteiger partial charge in [0.05, 0.1) is 17.2 Å². The number of thioether (sulfide) groups is 1. The lowest BCUT2D eigenvalue weighted by Gasteiger charge is -2.09. The van der Waals surface area contributed by atoms with E-state index in [1.165, 1.54) is 11.8 Å². The van der Waals surface area contributed by atoms with Gasteiger partial charge in [-0.1, -0.05) is 42.5 Å². The zero-order valence-corrected chi connectivity index (χ0v) is 15.6. The van der Waals surface area contributed by atoms with E-state index in [0.29, 0.717) is 16.7 Å². The molecule has 4 nitrogen and oxygen atoms in total. The van der Waals surface area contributed by atoms with Gasteiger partial charge < -0.3 is 10.1 Å². The first-order chi connectivity index (χ1) is 13.2. The minimum absolute atomic E-state index is 0.148. The Balaban J connectivity index is 1.69. The van der Waals surface area contributed by atoms with Gasteiger partial charge in [-0.3, -0.25) is 4.79 Å². The highest BCUT2D eigenvalue weighted by molar-refractivity contribution is 8.18. The molecular formula is C22H18N2O2S. The number of fused-ring (bicyclic) bond motifs is 1. The van der Waals surface area contributed by atoms with Crippen LogP contribution in [0.25, 0.3) is 16.8 Å². The molecule has 0 aromatic heterocycles. The molecule has 4 rings (SSSR count). The molecule has 1 aliphatic heterocycles. The number of carbonyl (C=O) groups excluding carboxylic acids is 1. The summed E-state index contributed by atoms with van der Waals surface area (Å²) in [7, 11) is 0. The molecule has 1 saturated heterocycles. The maximum absolute atomic E-state index is 12.4. The summed E-state index contributed by atoms with van der Waals surface area (Å²) in [4.78, 5) is 17.5. The zero-order chi connectivity index (χ0) is 18.6. The van der Waals surface area contributed by atoms with Gasteiger partial charge in [0.25, 0.3) is 5.91 Å². The number of carbonyl (C=O) groups is 1. The van der Waals surface area contributed by atoms with Crippen LogP contribution in [0, 0.1) is 0 Å². The third-order valence-corrected chi connectivity index (χ3v) is 5.01. The number of amides is 1. The topological polar surface area (TPSA) is 50.7 Å². The van der Waals surface area contributed by atoms with E-state index in [-0.39, 0.29) is 5.91 Å². The standard InChI is InChI=1S/C22H18N2O2S/c1-2-26-19-13-16-9-7-6-8-15(16)12-17(19)14-20-21(25)24-22(27-20)23-18-10-4-3-5-11-18/h3-14H,2H2,1H3,(H,23,24,25). The normalized spacial score (nSPS) is 16.9. The fourth-order valence-electron chi connectivity index (χ4n) is 2.87. The van der Waals surface area contributed by atoms with E-state index in [1.807, 2.05) is 67.6 Å². The van der Waals surface area contributed by atoms with Gasteiger partial charge in [0.1, 0.15) is 5.75 Å². The molecule has 0 bridgehead atoms. The zero-order valence-electron chi connectivity index (χ0n) is 14.8. The van der Waals surface area contributed by atoms with Crippen LogP contribution < -0.4 is 10.1 Å². The van der Waals surface area contributed by atoms with E-state index in [4.69, 9.17) is 4.74 Å². The molecule has 1 amide bonds. The van der Waals surface area contributed by atoms with Crippen LogP contribution in [0.3, 0.4) is 0 Å². The van der Waals surface area contributed by atoms with Crippen molar-refractivity contribution in [2.45, 2.75) is 6.92 Å². The van der Waals surface area contributed by atoms with Crippen molar-refractivity contribution in [2.24, 2.45) is 4.99 Å². The number of hydrogen-bond acceptors (Lipinski definition) is 4. The Hall–Kier alpha value is -3.05. The minimum atomic E-state index is -0.148. The first-order valence-corrected chi connectivity index (χ1v) is 9.55. The molecule has 3 aromatic carbocycles. The van der Waals surface area contributed by atoms with Crippen molar-refractivity contribution in [3.8, 4) is 5.75 Å². The number of hydrogen-bond donors (Lipinski definition) is 1. The summed E-state index contributed by atoms with van der Waals surface area (Å²) < 4.78 is 5.80. The predicted molar refractivity (Wildman–Crippen MR) is 112 cm³/mol. The van der Waals surface area contributed by atoms with Crippen LogP contribution in [0.5, 0.6) is 5.75 Å². The lowest BCUT2D eigenvalue weighted by atomic mass is 10.1. The number of benzene rings is 3. The number of rotatable bonds is 4. The fourth-order valence-corrected chi connectivity index (χ4v) is 3.70. The average Bonchev–Trinajstić information content (AvgIpc) is 3.02. The number of nitrogens with one attached hydrogen (secondary N) is 1. The van der Waals surface area contributed by atoms with Gasteiger partial charge in [0.15, 0.2) is 5.17 Å². The van der Waals surface area contributed by atoms with Crippen molar-refractivity contribution in [2.75, 3.05) is 6.61 Å². The molecule has 3 aromatic rings. The van der Waals surface area contributed by atoms with Crippen molar-refractivity contribution in [1.82, 2.24) is 5.32 Å². The van der Waals surface area contributed by atoms with Crippen LogP contribution in [-0.4, -0.2) is 17.7 Å². The van der Waals surface area contributed by atoms with Gasteiger partial charge in [0.2, 0.25) is 0 Å². The minimum Gasteiger partial charge on any atom is -0.493 e. The van der Waals surface area contributed by atoms with Gasteiger partial charge in [-0.15, -0.1) is 0 Å². The van der Waals surface area contributed by atoms with Crippen LogP contribution in [0.15, 0.2) is 76.6 Å². The summed E-state index contributed by atoms with van der Waals surface area (Å²) in [6, 6.07) is 21.7. The first kappa shape index (κ1) is 17.4. The number of amidine groups is 1. The fraction of sp³-hybridized carbons (Fsp3) is 0.0909. The van der Waals surface area contributed by atoms with Gasteiger partial charge >= 0.3 is 0 Å². The Bertz CT molecular complexity index is 1060. The molecule has 0 radical (unpaired) electrons. The van der Waals surface area contributed by atoms with E-state index in [0.717, 1.165) is 27.8 Å². The maximum atomic E-state index is 12.4. The number of aliphatic imine (C=N–C) groups is 1. The average molecular weight is 374 g/mol. The molecule has 1 fully saturated rings. The van der Waals surface area contributed by atoms with Crippen molar-refractivity contribution in [1.29, 1.82) is 0 Å². The Morgan fingerprint density at radius 3 is 2.48 bits per heavy atom. The Labute approximate surface area is 162 Å². The number of nitrogens with zero attached hydrogens (tertiary/aromatic N) is 1. The molecule has 0 atom stereocenters. The van der Waals surface area contributed by atoms with Gasteiger partial charge in [-0.05, 0) is 59.8 Å². The Morgan fingerprint density at radius 2 is 1.74 bits per heavy atom. The highest BCUT2D eigenvalue weighted by Crippen LogP contribution is 2.33. The summed E-state index contributed by atoms with van der Waals surface area (Å²) in [6.07, 6.45) is 1.87. The van der Waals surface area contributed by atoms with Gasteiger partial charge in [-0.25, -0.2) is 4.99 Å². The second-order valence-corrected chi connectivity index (χ2v) is 7.02. The van der Waals surface area contributed by atoms with E-state index >= 15 is 0 Å². The predicted octanol–water partition coefficient (Wildman–Crippen LogP) is 5.13. The molecule has 0 unspecified atom stereocenters. The molecule has 27 heavy (non-hydrogen) atoms. The van der Waals surface area contributed by atoms with Gasteiger partial charge in [-0.2, -0.15) is 0 Å². The molecular weight excluding hydrogens is 356 g/mol. The van der Waals surface area contributed by atoms with Crippen LogP contribution in [-0.2, 0) is 4.79 Å². The highest BCUT2D eigenvalue weighted by atomic mass is 32.2. The lowest BCUT2D eigenvalue weighted by Crippen LogP contribution is -2.19. The highest BCUT2D eigenvalue weighted by Gasteiger charge is 2.24. The van der Waals surface area contributed by atoms with Crippen molar-refractivity contribution >= 4 is 45.4 Å². The van der Waals surface area contributed by atoms with Crippen molar-refractivity contribution < 1.29 is 9.53 Å². The van der Waals surface area contributed by atoms with Gasteiger partial charge in [0, 0.05) is 5.56 Å². The quantitative estimate of drug-likeness (QED) is 0.644. The summed E-state index contributed by atoms with van der Waals surface area (Å²) in [5, 5.41) is 5.62. The molecule has 0 aliphatic carbocycles. The third kappa shape index (κ3) is 3.88. The second kappa shape index (κ2) is 7.68. The van der Waals surface area contributed by atoms with E-state index in [1.54, 1.807) is 0 Å². The van der Waals surface area contributed by atoms with Crippen molar-refractivity contribution in [3.05, 3.63) is 77.2 Å². The van der Waals surface area contributed by atoms with E-state index in [2.05, 4.69) is 22.4 Å². The van der Waals surface area contributed by atoms with E-state index in [9.17, 15) is 4.79 Å². The maximum Gasteiger partial charge on any atom is 0.264 e. The molecule has 5 heteroatoms. The summed E-state index contributed by atoms with van der Waals surface area (Å²) in [6.45, 7) is 2.52. The molecule has 1 N–H and O–H groups in total. The monoisotopic (exact) mass is 374 g/mol. The summed E-state index contributed by atoms with van der Waals surface area (Å²) in [5.74, 6) is 0.621. The van der Waals surface area contributed by atoms with E-state index < -0.39 is 0 Å². The molecule has 134 valence electrons. The SMILES string of the molecule is CCOc1cc2ccccc2cc1C=C1SC(=Nc2ccccc2)NC1=O. The largest absolute Gasteiger partial charge is 0.493 e. The van der Waals surface area contributed by atoms with Crippen LogP contribution >= 0.6 is 11.8 Å². The van der Waals surface area contributed by atoms with Crippen LogP contribution in [0.2, 0.25) is 0 Å². The first-order valence-electron chi connectivity index (χ1n) is 8.73. The Morgan fingerprint density at radius 1 is 1.04 bits per heavy atom. The van der Waals surface area contributed by atoms with Crippen LogP contribution in [0.4, 0.5) is 5.69 Å². The molecule has 0 saturated carbocycles. The molecule has 1 heterocycles.